The van der Waals surface area contributed by atoms with Crippen molar-refractivity contribution in [2.75, 3.05) is 18.0 Å². The molecule has 0 amide bonds. The van der Waals surface area contributed by atoms with Crippen LogP contribution in [-0.4, -0.2) is 18.1 Å². The molecule has 17 heavy (non-hydrogen) atoms. The molecule has 92 valence electrons. The van der Waals surface area contributed by atoms with E-state index in [0.717, 1.165) is 12.3 Å². The maximum absolute atomic E-state index is 13.6. The minimum atomic E-state index is -0.698. The van der Waals surface area contributed by atoms with E-state index in [9.17, 15) is 8.78 Å². The number of nitriles is 1. The van der Waals surface area contributed by atoms with Crippen LogP contribution >= 0.6 is 0 Å². The highest BCUT2D eigenvalue weighted by atomic mass is 19.1. The second-order valence-electron chi connectivity index (χ2n) is 4.21. The predicted octanol–water partition coefficient (Wildman–Crippen LogP) is 2.74. The fourth-order valence-electron chi connectivity index (χ4n) is 1.55. The van der Waals surface area contributed by atoms with Gasteiger partial charge in [-0.2, -0.15) is 5.26 Å². The van der Waals surface area contributed by atoms with E-state index < -0.39 is 11.6 Å². The number of aromatic nitrogens is 1. The van der Waals surface area contributed by atoms with Crippen molar-refractivity contribution < 1.29 is 8.78 Å². The number of pyridine rings is 1. The van der Waals surface area contributed by atoms with Gasteiger partial charge >= 0.3 is 0 Å². The van der Waals surface area contributed by atoms with Gasteiger partial charge < -0.3 is 4.90 Å². The van der Waals surface area contributed by atoms with E-state index in [-0.39, 0.29) is 12.2 Å². The van der Waals surface area contributed by atoms with Gasteiger partial charge in [0.1, 0.15) is 5.82 Å². The van der Waals surface area contributed by atoms with Gasteiger partial charge in [-0.1, -0.05) is 13.8 Å². The van der Waals surface area contributed by atoms with Crippen LogP contribution in [0.5, 0.6) is 0 Å². The van der Waals surface area contributed by atoms with Gasteiger partial charge in [-0.05, 0) is 5.92 Å². The van der Waals surface area contributed by atoms with E-state index in [1.807, 2.05) is 19.9 Å². The van der Waals surface area contributed by atoms with E-state index in [0.29, 0.717) is 19.0 Å². The Kier molecular flexibility index (Phi) is 4.83. The normalized spacial score (nSPS) is 10.4. The Hall–Kier alpha value is -1.70. The zero-order valence-electron chi connectivity index (χ0n) is 9.95. The van der Waals surface area contributed by atoms with Crippen LogP contribution in [0.2, 0.25) is 0 Å². The molecule has 0 saturated heterocycles. The smallest absolute Gasteiger partial charge is 0.168 e. The van der Waals surface area contributed by atoms with Crippen LogP contribution in [0.25, 0.3) is 0 Å². The first-order chi connectivity index (χ1) is 8.04. The molecule has 1 aromatic heterocycles. The summed E-state index contributed by atoms with van der Waals surface area (Å²) in [5, 5.41) is 8.56. The van der Waals surface area contributed by atoms with Gasteiger partial charge in [0.25, 0.3) is 0 Å². The number of rotatable bonds is 5. The van der Waals surface area contributed by atoms with Gasteiger partial charge in [0, 0.05) is 19.2 Å². The molecular formula is C12H15F2N3. The summed E-state index contributed by atoms with van der Waals surface area (Å²) < 4.78 is 26.3. The molecule has 0 aliphatic heterocycles. The third kappa shape index (κ3) is 3.99. The molecular weight excluding hydrogens is 224 g/mol. The second-order valence-corrected chi connectivity index (χ2v) is 4.21. The van der Waals surface area contributed by atoms with Crippen LogP contribution in [0.3, 0.4) is 0 Å². The van der Waals surface area contributed by atoms with Crippen molar-refractivity contribution in [3.8, 4) is 6.07 Å². The van der Waals surface area contributed by atoms with E-state index >= 15 is 0 Å². The summed E-state index contributed by atoms with van der Waals surface area (Å²) in [6.45, 7) is 4.95. The molecule has 0 aliphatic rings. The first kappa shape index (κ1) is 13.4. The topological polar surface area (TPSA) is 39.9 Å². The summed E-state index contributed by atoms with van der Waals surface area (Å²) in [5.41, 5.74) is 0. The maximum Gasteiger partial charge on any atom is 0.168 e. The molecule has 0 unspecified atom stereocenters. The van der Waals surface area contributed by atoms with E-state index in [4.69, 9.17) is 5.26 Å². The van der Waals surface area contributed by atoms with Gasteiger partial charge in [0.15, 0.2) is 11.6 Å². The van der Waals surface area contributed by atoms with Crippen molar-refractivity contribution in [2.45, 2.75) is 20.3 Å². The summed E-state index contributed by atoms with van der Waals surface area (Å²) in [6, 6.07) is 2.81. The SMILES string of the molecule is CC(C)CN(CCC#N)c1ncc(F)cc1F. The molecule has 0 fully saturated rings. The van der Waals surface area contributed by atoms with Crippen molar-refractivity contribution >= 4 is 5.82 Å². The van der Waals surface area contributed by atoms with Crippen molar-refractivity contribution in [1.82, 2.24) is 4.98 Å². The average molecular weight is 239 g/mol. The molecule has 0 radical (unpaired) electrons. The van der Waals surface area contributed by atoms with Crippen molar-refractivity contribution in [2.24, 2.45) is 5.92 Å². The third-order valence-electron chi connectivity index (χ3n) is 2.17. The Morgan fingerprint density at radius 2 is 2.18 bits per heavy atom. The maximum atomic E-state index is 13.6. The molecule has 5 heteroatoms. The minimum absolute atomic E-state index is 0.107. The highest BCUT2D eigenvalue weighted by molar-refractivity contribution is 5.40. The van der Waals surface area contributed by atoms with Gasteiger partial charge in [-0.25, -0.2) is 13.8 Å². The van der Waals surface area contributed by atoms with Gasteiger partial charge in [0.2, 0.25) is 0 Å². The highest BCUT2D eigenvalue weighted by Gasteiger charge is 2.15. The van der Waals surface area contributed by atoms with E-state index in [1.165, 1.54) is 0 Å². The summed E-state index contributed by atoms with van der Waals surface area (Å²) in [4.78, 5) is 5.42. The Labute approximate surface area is 99.7 Å². The van der Waals surface area contributed by atoms with E-state index in [1.54, 1.807) is 4.90 Å². The Morgan fingerprint density at radius 3 is 2.71 bits per heavy atom. The van der Waals surface area contributed by atoms with Crippen LogP contribution in [0.15, 0.2) is 12.3 Å². The van der Waals surface area contributed by atoms with Crippen LogP contribution in [0, 0.1) is 28.9 Å². The zero-order chi connectivity index (χ0) is 12.8. The monoisotopic (exact) mass is 239 g/mol. The fraction of sp³-hybridized carbons (Fsp3) is 0.500. The van der Waals surface area contributed by atoms with Crippen LogP contribution < -0.4 is 4.90 Å². The van der Waals surface area contributed by atoms with Gasteiger partial charge in [-0.15, -0.1) is 0 Å². The van der Waals surface area contributed by atoms with Crippen LogP contribution in [0.4, 0.5) is 14.6 Å². The molecule has 0 aromatic carbocycles. The molecule has 0 N–H and O–H groups in total. The minimum Gasteiger partial charge on any atom is -0.353 e. The lowest BCUT2D eigenvalue weighted by atomic mass is 10.2. The van der Waals surface area contributed by atoms with Crippen LogP contribution in [0.1, 0.15) is 20.3 Å². The molecule has 3 nitrogen and oxygen atoms in total. The number of hydrogen-bond acceptors (Lipinski definition) is 3. The highest BCUT2D eigenvalue weighted by Crippen LogP contribution is 2.18. The largest absolute Gasteiger partial charge is 0.353 e. The van der Waals surface area contributed by atoms with Crippen molar-refractivity contribution in [3.63, 3.8) is 0 Å². The molecule has 1 aromatic rings. The number of hydrogen-bond donors (Lipinski definition) is 0. The molecule has 0 spiro atoms. The first-order valence-corrected chi connectivity index (χ1v) is 5.47. The fourth-order valence-corrected chi connectivity index (χ4v) is 1.55. The lowest BCUT2D eigenvalue weighted by molar-refractivity contribution is 0.552. The first-order valence-electron chi connectivity index (χ1n) is 5.47. The number of anilines is 1. The summed E-state index contributed by atoms with van der Waals surface area (Å²) in [7, 11) is 0. The quantitative estimate of drug-likeness (QED) is 0.793. The van der Waals surface area contributed by atoms with Crippen LogP contribution in [-0.2, 0) is 0 Å². The number of nitrogens with zero attached hydrogens (tertiary/aromatic N) is 3. The Bertz CT molecular complexity index is 413. The summed E-state index contributed by atoms with van der Waals surface area (Å²) in [6.07, 6.45) is 1.27. The lowest BCUT2D eigenvalue weighted by Gasteiger charge is -2.24. The summed E-state index contributed by atoms with van der Waals surface area (Å²) in [5.74, 6) is -0.977. The lowest BCUT2D eigenvalue weighted by Crippen LogP contribution is -2.30. The molecule has 1 rings (SSSR count). The molecule has 1 heterocycles. The molecule has 0 aliphatic carbocycles. The standard InChI is InChI=1S/C12H15F2N3/c1-9(2)8-17(5-3-4-15)12-11(14)6-10(13)7-16-12/h6-7,9H,3,5,8H2,1-2H3. The van der Waals surface area contributed by atoms with Gasteiger partial charge in [0.05, 0.1) is 18.7 Å². The average Bonchev–Trinajstić information content (AvgIpc) is 2.24. The van der Waals surface area contributed by atoms with Crippen molar-refractivity contribution in [3.05, 3.63) is 23.9 Å². The molecule has 0 saturated carbocycles. The Balaban J connectivity index is 2.91. The second kappa shape index (κ2) is 6.14. The van der Waals surface area contributed by atoms with Gasteiger partial charge in [-0.3, -0.25) is 0 Å². The molecule has 0 atom stereocenters. The Morgan fingerprint density at radius 1 is 1.47 bits per heavy atom. The summed E-state index contributed by atoms with van der Waals surface area (Å²) >= 11 is 0. The predicted molar refractivity (Wildman–Crippen MR) is 61.4 cm³/mol. The number of halogens is 2. The third-order valence-corrected chi connectivity index (χ3v) is 2.17. The zero-order valence-corrected chi connectivity index (χ0v) is 9.95. The van der Waals surface area contributed by atoms with E-state index in [2.05, 4.69) is 4.98 Å². The molecule has 0 bridgehead atoms. The van der Waals surface area contributed by atoms with Crippen molar-refractivity contribution in [1.29, 1.82) is 5.26 Å².